The van der Waals surface area contributed by atoms with Gasteiger partial charge in [-0.25, -0.2) is 9.18 Å². The van der Waals surface area contributed by atoms with Gasteiger partial charge in [0.25, 0.3) is 5.91 Å². The standard InChI is InChI=1S/C18H17FN2O3S2/c1-2-24-17(23)14-12-7-4-8-13(12)26-16(14)21-18(25)20-15(22)10-5-3-6-11(19)9-10/h3,5-6,9H,2,4,7-8H2,1H3,(H2,20,21,22,25). The minimum Gasteiger partial charge on any atom is -0.462 e. The third-order valence-electron chi connectivity index (χ3n) is 3.94. The number of benzene rings is 1. The van der Waals surface area contributed by atoms with Crippen LogP contribution in [0.2, 0.25) is 0 Å². The highest BCUT2D eigenvalue weighted by molar-refractivity contribution is 7.80. The lowest BCUT2D eigenvalue weighted by Gasteiger charge is -2.11. The molecule has 2 aromatic rings. The topological polar surface area (TPSA) is 67.4 Å². The van der Waals surface area contributed by atoms with E-state index in [1.807, 2.05) is 0 Å². The van der Waals surface area contributed by atoms with Crippen LogP contribution in [-0.2, 0) is 17.6 Å². The Labute approximate surface area is 159 Å². The van der Waals surface area contributed by atoms with Gasteiger partial charge in [0.05, 0.1) is 12.2 Å². The number of thiocarbonyl (C=S) groups is 1. The average molecular weight is 392 g/mol. The number of aryl methyl sites for hydroxylation is 1. The molecule has 8 heteroatoms. The van der Waals surface area contributed by atoms with Crippen molar-refractivity contribution >= 4 is 45.5 Å². The van der Waals surface area contributed by atoms with E-state index in [0.29, 0.717) is 10.6 Å². The summed E-state index contributed by atoms with van der Waals surface area (Å²) in [5.41, 5.74) is 1.65. The Morgan fingerprint density at radius 3 is 2.88 bits per heavy atom. The number of thiophene rings is 1. The molecule has 0 spiro atoms. The largest absolute Gasteiger partial charge is 0.462 e. The van der Waals surface area contributed by atoms with Gasteiger partial charge >= 0.3 is 5.97 Å². The molecule has 1 aliphatic carbocycles. The van der Waals surface area contributed by atoms with Crippen LogP contribution in [0.1, 0.15) is 44.5 Å². The summed E-state index contributed by atoms with van der Waals surface area (Å²) in [6.07, 6.45) is 2.75. The molecule has 0 bridgehead atoms. The lowest BCUT2D eigenvalue weighted by molar-refractivity contribution is 0.0527. The molecule has 1 amide bonds. The number of carbonyl (C=O) groups is 2. The molecule has 26 heavy (non-hydrogen) atoms. The van der Waals surface area contributed by atoms with E-state index in [2.05, 4.69) is 10.6 Å². The monoisotopic (exact) mass is 392 g/mol. The normalized spacial score (nSPS) is 12.4. The summed E-state index contributed by atoms with van der Waals surface area (Å²) in [6, 6.07) is 5.32. The van der Waals surface area contributed by atoms with Crippen LogP contribution in [0.15, 0.2) is 24.3 Å². The molecule has 0 unspecified atom stereocenters. The number of amides is 1. The molecular weight excluding hydrogens is 375 g/mol. The first-order valence-electron chi connectivity index (χ1n) is 8.19. The molecule has 1 aromatic carbocycles. The zero-order chi connectivity index (χ0) is 18.7. The molecule has 0 radical (unpaired) electrons. The van der Waals surface area contributed by atoms with Crippen LogP contribution < -0.4 is 10.6 Å². The molecule has 1 heterocycles. The first-order valence-corrected chi connectivity index (χ1v) is 9.41. The summed E-state index contributed by atoms with van der Waals surface area (Å²) < 4.78 is 18.4. The van der Waals surface area contributed by atoms with Crippen molar-refractivity contribution in [2.45, 2.75) is 26.2 Å². The van der Waals surface area contributed by atoms with Crippen molar-refractivity contribution in [3.8, 4) is 0 Å². The Kier molecular flexibility index (Phi) is 5.63. The second-order valence-electron chi connectivity index (χ2n) is 5.70. The van der Waals surface area contributed by atoms with Crippen LogP contribution in [0, 0.1) is 5.82 Å². The van der Waals surface area contributed by atoms with Crippen molar-refractivity contribution in [3.63, 3.8) is 0 Å². The Balaban J connectivity index is 1.75. The molecule has 0 atom stereocenters. The van der Waals surface area contributed by atoms with Crippen molar-refractivity contribution < 1.29 is 18.7 Å². The zero-order valence-corrected chi connectivity index (χ0v) is 15.7. The Morgan fingerprint density at radius 1 is 1.35 bits per heavy atom. The molecule has 1 aromatic heterocycles. The molecule has 5 nitrogen and oxygen atoms in total. The molecule has 0 saturated heterocycles. The van der Waals surface area contributed by atoms with Crippen LogP contribution >= 0.6 is 23.6 Å². The summed E-state index contributed by atoms with van der Waals surface area (Å²) in [5, 5.41) is 6.04. The number of nitrogens with one attached hydrogen (secondary N) is 2. The number of hydrogen-bond acceptors (Lipinski definition) is 5. The van der Waals surface area contributed by atoms with Crippen LogP contribution in [0.5, 0.6) is 0 Å². The van der Waals surface area contributed by atoms with Gasteiger partial charge in [0, 0.05) is 10.4 Å². The number of rotatable bonds is 4. The van der Waals surface area contributed by atoms with Gasteiger partial charge in [0.2, 0.25) is 0 Å². The van der Waals surface area contributed by atoms with E-state index >= 15 is 0 Å². The predicted octanol–water partition coefficient (Wildman–Crippen LogP) is 3.68. The number of ether oxygens (including phenoxy) is 1. The fourth-order valence-corrected chi connectivity index (χ4v) is 4.39. The maximum absolute atomic E-state index is 13.2. The number of hydrogen-bond donors (Lipinski definition) is 2. The molecular formula is C18H17FN2O3S2. The number of esters is 1. The number of halogens is 1. The van der Waals surface area contributed by atoms with Gasteiger partial charge in [-0.2, -0.15) is 0 Å². The average Bonchev–Trinajstić information content (AvgIpc) is 3.15. The van der Waals surface area contributed by atoms with Crippen LogP contribution in [0.4, 0.5) is 9.39 Å². The Hall–Kier alpha value is -2.32. The lowest BCUT2D eigenvalue weighted by atomic mass is 10.1. The first kappa shape index (κ1) is 18.5. The van der Waals surface area contributed by atoms with Crippen molar-refractivity contribution in [2.75, 3.05) is 11.9 Å². The third kappa shape index (κ3) is 3.91. The van der Waals surface area contributed by atoms with E-state index in [0.717, 1.165) is 35.8 Å². The lowest BCUT2D eigenvalue weighted by Crippen LogP contribution is -2.34. The zero-order valence-electron chi connectivity index (χ0n) is 14.1. The number of carbonyl (C=O) groups excluding carboxylic acids is 2. The third-order valence-corrected chi connectivity index (χ3v) is 5.35. The summed E-state index contributed by atoms with van der Waals surface area (Å²) in [6.45, 7) is 2.03. The second kappa shape index (κ2) is 7.92. The molecule has 0 aliphatic heterocycles. The van der Waals surface area contributed by atoms with E-state index in [1.54, 1.807) is 6.92 Å². The molecule has 3 rings (SSSR count). The highest BCUT2D eigenvalue weighted by atomic mass is 32.1. The molecule has 1 aliphatic rings. The highest BCUT2D eigenvalue weighted by Crippen LogP contribution is 2.39. The van der Waals surface area contributed by atoms with Gasteiger partial charge < -0.3 is 10.1 Å². The van der Waals surface area contributed by atoms with E-state index < -0.39 is 17.7 Å². The van der Waals surface area contributed by atoms with Crippen molar-refractivity contribution in [2.24, 2.45) is 0 Å². The first-order chi connectivity index (χ1) is 12.5. The second-order valence-corrected chi connectivity index (χ2v) is 7.21. The number of anilines is 1. The number of fused-ring (bicyclic) bond motifs is 1. The minimum atomic E-state index is -0.524. The van der Waals surface area contributed by atoms with Crippen molar-refractivity contribution in [1.29, 1.82) is 0 Å². The van der Waals surface area contributed by atoms with E-state index in [4.69, 9.17) is 17.0 Å². The Bertz CT molecular complexity index is 879. The maximum Gasteiger partial charge on any atom is 0.341 e. The van der Waals surface area contributed by atoms with Crippen LogP contribution in [0.3, 0.4) is 0 Å². The van der Waals surface area contributed by atoms with E-state index in [1.165, 1.54) is 29.5 Å². The summed E-state index contributed by atoms with van der Waals surface area (Å²) in [4.78, 5) is 25.6. The minimum absolute atomic E-state index is 0.0460. The summed E-state index contributed by atoms with van der Waals surface area (Å²) in [7, 11) is 0. The molecule has 136 valence electrons. The Morgan fingerprint density at radius 2 is 2.15 bits per heavy atom. The van der Waals surface area contributed by atoms with Gasteiger partial charge in [-0.3, -0.25) is 10.1 Å². The molecule has 0 fully saturated rings. The van der Waals surface area contributed by atoms with Gasteiger partial charge in [-0.15, -0.1) is 11.3 Å². The SMILES string of the molecule is CCOC(=O)c1c(NC(=S)NC(=O)c2cccc(F)c2)sc2c1CCC2. The maximum atomic E-state index is 13.2. The highest BCUT2D eigenvalue weighted by Gasteiger charge is 2.28. The van der Waals surface area contributed by atoms with E-state index in [9.17, 15) is 14.0 Å². The van der Waals surface area contributed by atoms with Crippen LogP contribution in [-0.4, -0.2) is 23.6 Å². The predicted molar refractivity (Wildman–Crippen MR) is 102 cm³/mol. The smallest absolute Gasteiger partial charge is 0.341 e. The van der Waals surface area contributed by atoms with E-state index in [-0.39, 0.29) is 17.3 Å². The van der Waals surface area contributed by atoms with Crippen LogP contribution in [0.25, 0.3) is 0 Å². The molecule has 0 saturated carbocycles. The van der Waals surface area contributed by atoms with Gasteiger partial charge in [0.1, 0.15) is 10.8 Å². The summed E-state index contributed by atoms with van der Waals surface area (Å²) in [5.74, 6) is -1.42. The van der Waals surface area contributed by atoms with Crippen molar-refractivity contribution in [1.82, 2.24) is 5.32 Å². The van der Waals surface area contributed by atoms with Crippen molar-refractivity contribution in [3.05, 3.63) is 51.7 Å². The molecule has 2 N–H and O–H groups in total. The van der Waals surface area contributed by atoms with Gasteiger partial charge in [0.15, 0.2) is 5.11 Å². The summed E-state index contributed by atoms with van der Waals surface area (Å²) >= 11 is 6.63. The van der Waals surface area contributed by atoms with Gasteiger partial charge in [-0.05, 0) is 62.2 Å². The fraction of sp³-hybridized carbons (Fsp3) is 0.278. The van der Waals surface area contributed by atoms with Gasteiger partial charge in [-0.1, -0.05) is 6.07 Å². The quantitative estimate of drug-likeness (QED) is 0.614. The fourth-order valence-electron chi connectivity index (χ4n) is 2.85.